The topological polar surface area (TPSA) is 48.9 Å². The molecule has 30 heavy (non-hydrogen) atoms. The lowest BCUT2D eigenvalue weighted by Crippen LogP contribution is -2.36. The highest BCUT2D eigenvalue weighted by Gasteiger charge is 2.10. The van der Waals surface area contributed by atoms with Crippen LogP contribution in [0.4, 0.5) is 0 Å². The number of guanidine groups is 1. The summed E-state index contributed by atoms with van der Waals surface area (Å²) in [6.07, 6.45) is 2.12. The summed E-state index contributed by atoms with van der Waals surface area (Å²) < 4.78 is 5.42. The maximum Gasteiger partial charge on any atom is 0.191 e. The number of rotatable bonds is 7. The number of benzene rings is 2. The maximum atomic E-state index is 5.42. The minimum absolute atomic E-state index is 0. The molecule has 2 aromatic rings. The van der Waals surface area contributed by atoms with Crippen molar-refractivity contribution in [1.29, 1.82) is 0 Å². The third-order valence-corrected chi connectivity index (χ3v) is 5.93. The van der Waals surface area contributed by atoms with E-state index in [1.165, 1.54) is 27.1 Å². The van der Waals surface area contributed by atoms with E-state index in [2.05, 4.69) is 76.2 Å². The number of morpholine rings is 1. The molecule has 0 bridgehead atoms. The van der Waals surface area contributed by atoms with Crippen molar-refractivity contribution in [2.45, 2.75) is 31.5 Å². The van der Waals surface area contributed by atoms with Crippen LogP contribution in [0.5, 0.6) is 0 Å². The van der Waals surface area contributed by atoms with E-state index in [1.54, 1.807) is 11.8 Å². The Balaban J connectivity index is 0.00000320. The van der Waals surface area contributed by atoms with E-state index in [1.807, 2.05) is 7.05 Å². The number of thioether (sulfide) groups is 1. The molecule has 0 radical (unpaired) electrons. The van der Waals surface area contributed by atoms with Gasteiger partial charge in [-0.25, -0.2) is 0 Å². The smallest absolute Gasteiger partial charge is 0.191 e. The highest BCUT2D eigenvalue weighted by Crippen LogP contribution is 2.21. The third kappa shape index (κ3) is 7.76. The normalized spacial score (nSPS) is 14.8. The van der Waals surface area contributed by atoms with E-state index in [4.69, 9.17) is 4.74 Å². The van der Waals surface area contributed by atoms with Gasteiger partial charge < -0.3 is 15.4 Å². The molecule has 2 N–H and O–H groups in total. The molecule has 0 aromatic heterocycles. The molecule has 0 amide bonds. The van der Waals surface area contributed by atoms with Crippen LogP contribution < -0.4 is 10.6 Å². The van der Waals surface area contributed by atoms with E-state index < -0.39 is 0 Å². The van der Waals surface area contributed by atoms with Gasteiger partial charge in [0.1, 0.15) is 0 Å². The number of nitrogens with zero attached hydrogens (tertiary/aromatic N) is 2. The summed E-state index contributed by atoms with van der Waals surface area (Å²) >= 11 is 1.78. The molecule has 5 nitrogen and oxygen atoms in total. The molecule has 1 heterocycles. The van der Waals surface area contributed by atoms with Gasteiger partial charge in [-0.05, 0) is 41.5 Å². The van der Waals surface area contributed by atoms with E-state index in [9.17, 15) is 0 Å². The average molecular weight is 541 g/mol. The Morgan fingerprint density at radius 2 is 1.70 bits per heavy atom. The SMILES string of the molecule is CN=C(NCc1ccc(CN2CCOCC2)cc1)NCc1ccc(C)cc1SC.I. The molecular weight excluding hydrogens is 507 g/mol. The monoisotopic (exact) mass is 540 g/mol. The third-order valence-electron chi connectivity index (χ3n) is 5.11. The zero-order chi connectivity index (χ0) is 20.5. The molecule has 0 aliphatic carbocycles. The predicted molar refractivity (Wildman–Crippen MR) is 138 cm³/mol. The molecule has 0 saturated carbocycles. The standard InChI is InChI=1S/C23H32N4OS.HI/c1-18-4-9-21(22(14-18)29-3)16-26-23(24-2)25-15-19-5-7-20(8-6-19)17-27-10-12-28-13-11-27;/h4-9,14H,10-13,15-17H2,1-3H3,(H2,24,25,26);1H. The van der Waals surface area contributed by atoms with Gasteiger partial charge in [-0.1, -0.05) is 36.4 Å². The summed E-state index contributed by atoms with van der Waals surface area (Å²) in [5.74, 6) is 0.815. The number of nitrogens with one attached hydrogen (secondary N) is 2. The fourth-order valence-corrected chi connectivity index (χ4v) is 4.07. The Hall–Kier alpha value is -1.29. The van der Waals surface area contributed by atoms with Crippen LogP contribution in [0.15, 0.2) is 52.4 Å². The second-order valence-electron chi connectivity index (χ2n) is 7.30. The maximum absolute atomic E-state index is 5.42. The molecule has 0 unspecified atom stereocenters. The van der Waals surface area contributed by atoms with Gasteiger partial charge in [-0.3, -0.25) is 9.89 Å². The van der Waals surface area contributed by atoms with Crippen molar-refractivity contribution >= 4 is 41.7 Å². The molecule has 1 saturated heterocycles. The Bertz CT molecular complexity index is 807. The first-order valence-electron chi connectivity index (χ1n) is 10.1. The first kappa shape index (κ1) is 25.0. The number of ether oxygens (including phenoxy) is 1. The van der Waals surface area contributed by atoms with Gasteiger partial charge in [0, 0.05) is 44.7 Å². The van der Waals surface area contributed by atoms with Gasteiger partial charge >= 0.3 is 0 Å². The van der Waals surface area contributed by atoms with Gasteiger partial charge in [0.05, 0.1) is 13.2 Å². The summed E-state index contributed by atoms with van der Waals surface area (Å²) in [5, 5.41) is 6.83. The van der Waals surface area contributed by atoms with Crippen molar-refractivity contribution in [3.8, 4) is 0 Å². The summed E-state index contributed by atoms with van der Waals surface area (Å²) in [5.41, 5.74) is 5.18. The minimum Gasteiger partial charge on any atom is -0.379 e. The number of hydrogen-bond donors (Lipinski definition) is 2. The highest BCUT2D eigenvalue weighted by molar-refractivity contribution is 14.0. The van der Waals surface area contributed by atoms with Crippen molar-refractivity contribution in [1.82, 2.24) is 15.5 Å². The Labute approximate surface area is 202 Å². The first-order valence-corrected chi connectivity index (χ1v) is 11.4. The highest BCUT2D eigenvalue weighted by atomic mass is 127. The predicted octanol–water partition coefficient (Wildman–Crippen LogP) is 4.03. The molecule has 0 spiro atoms. The minimum atomic E-state index is 0. The molecule has 1 fully saturated rings. The van der Waals surface area contributed by atoms with Crippen molar-refractivity contribution in [2.75, 3.05) is 39.6 Å². The number of hydrogen-bond acceptors (Lipinski definition) is 4. The van der Waals surface area contributed by atoms with Crippen molar-refractivity contribution < 1.29 is 4.74 Å². The van der Waals surface area contributed by atoms with Crippen LogP contribution in [-0.2, 0) is 24.4 Å². The van der Waals surface area contributed by atoms with E-state index in [-0.39, 0.29) is 24.0 Å². The van der Waals surface area contributed by atoms with E-state index in [0.717, 1.165) is 51.9 Å². The lowest BCUT2D eigenvalue weighted by molar-refractivity contribution is 0.0342. The first-order chi connectivity index (χ1) is 14.2. The summed E-state index contributed by atoms with van der Waals surface area (Å²) in [4.78, 5) is 8.11. The molecule has 0 atom stereocenters. The molecule has 1 aliphatic heterocycles. The van der Waals surface area contributed by atoms with Crippen molar-refractivity contribution in [3.05, 3.63) is 64.7 Å². The number of halogens is 1. The van der Waals surface area contributed by atoms with Crippen LogP contribution in [0, 0.1) is 6.92 Å². The summed E-state index contributed by atoms with van der Waals surface area (Å²) in [6.45, 7) is 8.35. The van der Waals surface area contributed by atoms with Crippen molar-refractivity contribution in [3.63, 3.8) is 0 Å². The molecule has 3 rings (SSSR count). The van der Waals surface area contributed by atoms with Gasteiger partial charge in [0.2, 0.25) is 0 Å². The fourth-order valence-electron chi connectivity index (χ4n) is 3.36. The zero-order valence-corrected chi connectivity index (χ0v) is 21.3. The van der Waals surface area contributed by atoms with Crippen LogP contribution in [0.25, 0.3) is 0 Å². The van der Waals surface area contributed by atoms with Gasteiger partial charge in [-0.2, -0.15) is 0 Å². The summed E-state index contributed by atoms with van der Waals surface area (Å²) in [6, 6.07) is 15.4. The number of aliphatic imine (C=N–C) groups is 1. The number of aryl methyl sites for hydroxylation is 1. The van der Waals surface area contributed by atoms with Crippen LogP contribution in [-0.4, -0.2) is 50.5 Å². The second-order valence-corrected chi connectivity index (χ2v) is 8.15. The molecular formula is C23H33IN4OS. The quantitative estimate of drug-likeness (QED) is 0.241. The van der Waals surface area contributed by atoms with Crippen LogP contribution in [0.2, 0.25) is 0 Å². The zero-order valence-electron chi connectivity index (χ0n) is 18.1. The Morgan fingerprint density at radius 3 is 2.37 bits per heavy atom. The Kier molecular flexibility index (Phi) is 11.0. The van der Waals surface area contributed by atoms with Gasteiger partial charge in [0.25, 0.3) is 0 Å². The largest absolute Gasteiger partial charge is 0.379 e. The van der Waals surface area contributed by atoms with E-state index >= 15 is 0 Å². The van der Waals surface area contributed by atoms with Crippen LogP contribution >= 0.6 is 35.7 Å². The molecule has 1 aliphatic rings. The van der Waals surface area contributed by atoms with Crippen LogP contribution in [0.3, 0.4) is 0 Å². The lowest BCUT2D eigenvalue weighted by atomic mass is 10.1. The molecule has 164 valence electrons. The van der Waals surface area contributed by atoms with Crippen molar-refractivity contribution in [2.24, 2.45) is 4.99 Å². The van der Waals surface area contributed by atoms with Gasteiger partial charge in [-0.15, -0.1) is 35.7 Å². The Morgan fingerprint density at radius 1 is 1.03 bits per heavy atom. The van der Waals surface area contributed by atoms with Gasteiger partial charge in [0.15, 0.2) is 5.96 Å². The summed E-state index contributed by atoms with van der Waals surface area (Å²) in [7, 11) is 1.81. The fraction of sp³-hybridized carbons (Fsp3) is 0.435. The average Bonchev–Trinajstić information content (AvgIpc) is 2.76. The molecule has 7 heteroatoms. The lowest BCUT2D eigenvalue weighted by Gasteiger charge is -2.26. The van der Waals surface area contributed by atoms with E-state index in [0.29, 0.717) is 0 Å². The van der Waals surface area contributed by atoms with Crippen LogP contribution in [0.1, 0.15) is 22.3 Å². The second kappa shape index (κ2) is 13.2. The molecule has 2 aromatic carbocycles.